The lowest BCUT2D eigenvalue weighted by Gasteiger charge is -2.26. The zero-order chi connectivity index (χ0) is 22.6. The smallest absolute Gasteiger partial charge is 0.416 e. The number of halogens is 3. The topological polar surface area (TPSA) is 54.7 Å². The van der Waals surface area contributed by atoms with E-state index in [9.17, 15) is 18.0 Å². The molecule has 1 aliphatic heterocycles. The molecule has 4 rings (SSSR count). The molecule has 0 atom stereocenters. The Bertz CT molecular complexity index is 1050. The van der Waals surface area contributed by atoms with Gasteiger partial charge in [-0.15, -0.1) is 0 Å². The van der Waals surface area contributed by atoms with Crippen LogP contribution in [0.3, 0.4) is 0 Å². The number of ether oxygens (including phenoxy) is 1. The van der Waals surface area contributed by atoms with E-state index in [0.29, 0.717) is 6.54 Å². The summed E-state index contributed by atoms with van der Waals surface area (Å²) in [6.07, 6.45) is -4.44. The lowest BCUT2D eigenvalue weighted by atomic mass is 10.1. The summed E-state index contributed by atoms with van der Waals surface area (Å²) in [6, 6.07) is 15.8. The summed E-state index contributed by atoms with van der Waals surface area (Å²) in [4.78, 5) is 14.7. The molecule has 0 bridgehead atoms. The van der Waals surface area contributed by atoms with E-state index in [2.05, 4.69) is 10.2 Å². The maximum atomic E-state index is 12.9. The van der Waals surface area contributed by atoms with E-state index >= 15 is 0 Å². The largest absolute Gasteiger partial charge is 0.451 e. The van der Waals surface area contributed by atoms with E-state index in [1.54, 1.807) is 0 Å². The first-order valence-corrected chi connectivity index (χ1v) is 10.3. The Labute approximate surface area is 183 Å². The first-order valence-electron chi connectivity index (χ1n) is 10.3. The molecular weight excluding hydrogens is 421 g/mol. The molecule has 0 spiro atoms. The van der Waals surface area contributed by atoms with Gasteiger partial charge in [-0.1, -0.05) is 36.4 Å². The van der Waals surface area contributed by atoms with Gasteiger partial charge in [0.15, 0.2) is 5.76 Å². The Kier molecular flexibility index (Phi) is 6.62. The van der Waals surface area contributed by atoms with Crippen molar-refractivity contribution in [2.45, 2.75) is 19.3 Å². The minimum Gasteiger partial charge on any atom is -0.451 e. The van der Waals surface area contributed by atoms with Crippen LogP contribution in [0.5, 0.6) is 0 Å². The Morgan fingerprint density at radius 2 is 1.69 bits per heavy atom. The normalized spacial score (nSPS) is 15.0. The first kappa shape index (κ1) is 22.1. The van der Waals surface area contributed by atoms with Gasteiger partial charge in [-0.25, -0.2) is 0 Å². The Morgan fingerprint density at radius 1 is 0.969 bits per heavy atom. The number of nitrogens with one attached hydrogen (secondary N) is 1. The van der Waals surface area contributed by atoms with Crippen LogP contribution in [0.1, 0.15) is 27.2 Å². The molecule has 0 saturated carbocycles. The molecule has 8 heteroatoms. The zero-order valence-electron chi connectivity index (χ0n) is 17.3. The summed E-state index contributed by atoms with van der Waals surface area (Å²) in [5.41, 5.74) is 1.62. The number of carbonyl (C=O) groups excluding carboxylic acids is 1. The van der Waals surface area contributed by atoms with Crippen LogP contribution in [0, 0.1) is 0 Å². The number of benzene rings is 2. The molecule has 2 heterocycles. The lowest BCUT2D eigenvalue weighted by molar-refractivity contribution is -0.137. The van der Waals surface area contributed by atoms with Gasteiger partial charge in [0.25, 0.3) is 5.91 Å². The second-order valence-electron chi connectivity index (χ2n) is 7.63. The van der Waals surface area contributed by atoms with E-state index in [-0.39, 0.29) is 17.1 Å². The van der Waals surface area contributed by atoms with Crippen LogP contribution in [0.25, 0.3) is 11.3 Å². The van der Waals surface area contributed by atoms with Crippen molar-refractivity contribution in [1.29, 1.82) is 0 Å². The SMILES string of the molecule is O=C(NCc1ccc(CN2CCOCC2)cc1)c1ccc(-c2cccc(C(F)(F)F)c2)o1. The molecule has 1 aromatic heterocycles. The van der Waals surface area contributed by atoms with Gasteiger partial charge in [0, 0.05) is 31.7 Å². The van der Waals surface area contributed by atoms with Crippen molar-refractivity contribution >= 4 is 5.91 Å². The van der Waals surface area contributed by atoms with Crippen LogP contribution in [-0.4, -0.2) is 37.1 Å². The summed E-state index contributed by atoms with van der Waals surface area (Å²) >= 11 is 0. The molecule has 32 heavy (non-hydrogen) atoms. The maximum Gasteiger partial charge on any atom is 0.416 e. The van der Waals surface area contributed by atoms with Crippen LogP contribution in [0.4, 0.5) is 13.2 Å². The molecule has 1 fully saturated rings. The second kappa shape index (κ2) is 9.58. The molecule has 1 aliphatic rings. The van der Waals surface area contributed by atoms with Gasteiger partial charge in [-0.05, 0) is 35.4 Å². The quantitative estimate of drug-likeness (QED) is 0.598. The Hall–Kier alpha value is -3.10. The average Bonchev–Trinajstić information content (AvgIpc) is 3.29. The molecule has 5 nitrogen and oxygen atoms in total. The molecule has 2 aromatic carbocycles. The van der Waals surface area contributed by atoms with E-state index in [1.807, 2.05) is 24.3 Å². The van der Waals surface area contributed by atoms with Gasteiger partial charge < -0.3 is 14.5 Å². The molecular formula is C24H23F3N2O3. The number of nitrogens with zero attached hydrogens (tertiary/aromatic N) is 1. The number of hydrogen-bond acceptors (Lipinski definition) is 4. The van der Waals surface area contributed by atoms with Gasteiger partial charge in [-0.2, -0.15) is 13.2 Å². The summed E-state index contributed by atoms with van der Waals surface area (Å²) in [5.74, 6) is -0.185. The average molecular weight is 444 g/mol. The van der Waals surface area contributed by atoms with E-state index in [4.69, 9.17) is 9.15 Å². The fourth-order valence-electron chi connectivity index (χ4n) is 3.51. The lowest BCUT2D eigenvalue weighted by Crippen LogP contribution is -2.35. The Morgan fingerprint density at radius 3 is 2.41 bits per heavy atom. The standard InChI is InChI=1S/C24H23F3N2O3/c25-24(26,27)20-3-1-2-19(14-20)21-8-9-22(32-21)23(30)28-15-17-4-6-18(7-5-17)16-29-10-12-31-13-11-29/h1-9,14H,10-13,15-16H2,(H,28,30). The zero-order valence-corrected chi connectivity index (χ0v) is 17.3. The van der Waals surface area contributed by atoms with E-state index in [0.717, 1.165) is 50.5 Å². The van der Waals surface area contributed by atoms with Crippen LogP contribution in [0.15, 0.2) is 65.1 Å². The van der Waals surface area contributed by atoms with Crippen molar-refractivity contribution in [2.24, 2.45) is 0 Å². The third-order valence-electron chi connectivity index (χ3n) is 5.29. The minimum atomic E-state index is -4.44. The van der Waals surface area contributed by atoms with Crippen molar-refractivity contribution in [3.05, 3.63) is 83.1 Å². The molecule has 1 amide bonds. The monoisotopic (exact) mass is 444 g/mol. The summed E-state index contributed by atoms with van der Waals surface area (Å²) in [7, 11) is 0. The third kappa shape index (κ3) is 5.57. The highest BCUT2D eigenvalue weighted by Gasteiger charge is 2.30. The molecule has 0 unspecified atom stereocenters. The predicted octanol–water partition coefficient (Wildman–Crippen LogP) is 4.73. The van der Waals surface area contributed by atoms with Crippen LogP contribution >= 0.6 is 0 Å². The van der Waals surface area contributed by atoms with E-state index in [1.165, 1.54) is 29.8 Å². The van der Waals surface area contributed by atoms with Crippen LogP contribution < -0.4 is 5.32 Å². The minimum absolute atomic E-state index is 0.0429. The van der Waals surface area contributed by atoms with Crippen molar-refractivity contribution < 1.29 is 27.1 Å². The van der Waals surface area contributed by atoms with Crippen molar-refractivity contribution in [1.82, 2.24) is 10.2 Å². The van der Waals surface area contributed by atoms with Crippen LogP contribution in [-0.2, 0) is 24.0 Å². The fraction of sp³-hybridized carbons (Fsp3) is 0.292. The van der Waals surface area contributed by atoms with Crippen LogP contribution in [0.2, 0.25) is 0 Å². The van der Waals surface area contributed by atoms with Gasteiger partial charge in [0.05, 0.1) is 18.8 Å². The number of alkyl halides is 3. The van der Waals surface area contributed by atoms with Crippen molar-refractivity contribution in [2.75, 3.05) is 26.3 Å². The van der Waals surface area contributed by atoms with Crippen molar-refractivity contribution in [3.8, 4) is 11.3 Å². The van der Waals surface area contributed by atoms with Gasteiger partial charge in [-0.3, -0.25) is 9.69 Å². The first-order chi connectivity index (χ1) is 15.4. The highest BCUT2D eigenvalue weighted by Crippen LogP contribution is 2.32. The molecule has 1 N–H and O–H groups in total. The van der Waals surface area contributed by atoms with Crippen molar-refractivity contribution in [3.63, 3.8) is 0 Å². The molecule has 3 aromatic rings. The Balaban J connectivity index is 1.33. The second-order valence-corrected chi connectivity index (χ2v) is 7.63. The molecule has 0 aliphatic carbocycles. The molecule has 0 radical (unpaired) electrons. The molecule has 1 saturated heterocycles. The number of hydrogen-bond donors (Lipinski definition) is 1. The summed E-state index contributed by atoms with van der Waals surface area (Å²) in [6.45, 7) is 4.53. The number of rotatable bonds is 6. The highest BCUT2D eigenvalue weighted by atomic mass is 19.4. The number of amides is 1. The number of furan rings is 1. The highest BCUT2D eigenvalue weighted by molar-refractivity contribution is 5.92. The molecule has 168 valence electrons. The predicted molar refractivity (Wildman–Crippen MR) is 113 cm³/mol. The van der Waals surface area contributed by atoms with Gasteiger partial charge in [0.2, 0.25) is 0 Å². The van der Waals surface area contributed by atoms with Gasteiger partial charge >= 0.3 is 6.18 Å². The maximum absolute atomic E-state index is 12.9. The fourth-order valence-corrected chi connectivity index (χ4v) is 3.51. The van der Waals surface area contributed by atoms with E-state index < -0.39 is 17.6 Å². The summed E-state index contributed by atoms with van der Waals surface area (Å²) in [5, 5.41) is 2.78. The number of morpholine rings is 1. The third-order valence-corrected chi connectivity index (χ3v) is 5.29. The van der Waals surface area contributed by atoms with Gasteiger partial charge in [0.1, 0.15) is 5.76 Å². The summed E-state index contributed by atoms with van der Waals surface area (Å²) < 4.78 is 49.6. The number of carbonyl (C=O) groups is 1.